The van der Waals surface area contributed by atoms with Crippen molar-refractivity contribution in [2.45, 2.75) is 51.4 Å². The highest BCUT2D eigenvalue weighted by Gasteiger charge is 2.47. The van der Waals surface area contributed by atoms with E-state index in [-0.39, 0.29) is 19.1 Å². The maximum absolute atomic E-state index is 13.7. The van der Waals surface area contributed by atoms with Gasteiger partial charge in [0.1, 0.15) is 12.2 Å². The van der Waals surface area contributed by atoms with Crippen LogP contribution >= 0.6 is 0 Å². The van der Waals surface area contributed by atoms with Crippen LogP contribution in [0.4, 0.5) is 8.78 Å². The molecule has 4 nitrogen and oxygen atoms in total. The molecule has 0 unspecified atom stereocenters. The van der Waals surface area contributed by atoms with Crippen LogP contribution in [0.1, 0.15) is 27.2 Å². The van der Waals surface area contributed by atoms with E-state index < -0.39 is 30.6 Å². The van der Waals surface area contributed by atoms with Crippen LogP contribution in [0.2, 0.25) is 0 Å². The summed E-state index contributed by atoms with van der Waals surface area (Å²) < 4.78 is 32.5. The Morgan fingerprint density at radius 3 is 2.47 bits per heavy atom. The number of amides is 1. The van der Waals surface area contributed by atoms with Crippen molar-refractivity contribution < 1.29 is 23.4 Å². The minimum absolute atomic E-state index is 0.0869. The van der Waals surface area contributed by atoms with E-state index in [2.05, 4.69) is 0 Å². The standard InChI is InChI=1S/C11H19F2NO3/c1-7(2)17-9-4-5-14(6-11(9,12)13)10(16)8(3)15/h7-9,15H,4-6H2,1-3H3/t8-,9-/m1/s1. The number of alkyl halides is 2. The number of aliphatic hydroxyl groups excluding tert-OH is 1. The fraction of sp³-hybridized carbons (Fsp3) is 0.909. The highest BCUT2D eigenvalue weighted by molar-refractivity contribution is 5.80. The Balaban J connectivity index is 2.65. The topological polar surface area (TPSA) is 49.8 Å². The summed E-state index contributed by atoms with van der Waals surface area (Å²) >= 11 is 0. The molecule has 2 atom stereocenters. The molecule has 6 heteroatoms. The molecule has 1 heterocycles. The summed E-state index contributed by atoms with van der Waals surface area (Å²) in [6, 6.07) is 0. The molecule has 0 aromatic rings. The minimum Gasteiger partial charge on any atom is -0.384 e. The number of carbonyl (C=O) groups is 1. The van der Waals surface area contributed by atoms with Crippen LogP contribution in [0.5, 0.6) is 0 Å². The summed E-state index contributed by atoms with van der Waals surface area (Å²) in [7, 11) is 0. The zero-order valence-corrected chi connectivity index (χ0v) is 10.3. The predicted octanol–water partition coefficient (Wildman–Crippen LogP) is 1.03. The van der Waals surface area contributed by atoms with E-state index in [1.165, 1.54) is 6.92 Å². The molecule has 0 radical (unpaired) electrons. The Bertz CT molecular complexity index is 282. The molecule has 0 bridgehead atoms. The van der Waals surface area contributed by atoms with Crippen molar-refractivity contribution in [3.63, 3.8) is 0 Å². The van der Waals surface area contributed by atoms with Crippen LogP contribution in [0.25, 0.3) is 0 Å². The lowest BCUT2D eigenvalue weighted by atomic mass is 10.0. The Morgan fingerprint density at radius 2 is 2.06 bits per heavy atom. The first kappa shape index (κ1) is 14.3. The maximum Gasteiger partial charge on any atom is 0.290 e. The van der Waals surface area contributed by atoms with Crippen molar-refractivity contribution in [3.05, 3.63) is 0 Å². The van der Waals surface area contributed by atoms with Crippen molar-refractivity contribution in [1.29, 1.82) is 0 Å². The number of rotatable bonds is 3. The highest BCUT2D eigenvalue weighted by Crippen LogP contribution is 2.30. The van der Waals surface area contributed by atoms with Gasteiger partial charge in [0.2, 0.25) is 0 Å². The van der Waals surface area contributed by atoms with Gasteiger partial charge in [0.25, 0.3) is 11.8 Å². The molecule has 1 amide bonds. The zero-order valence-electron chi connectivity index (χ0n) is 10.3. The van der Waals surface area contributed by atoms with E-state index in [1.807, 2.05) is 0 Å². The lowest BCUT2D eigenvalue weighted by Crippen LogP contribution is -2.56. The van der Waals surface area contributed by atoms with Crippen LogP contribution in [0, 0.1) is 0 Å². The number of halogens is 2. The molecule has 17 heavy (non-hydrogen) atoms. The second-order valence-electron chi connectivity index (χ2n) is 4.66. The van der Waals surface area contributed by atoms with Gasteiger partial charge in [-0.25, -0.2) is 8.78 Å². The Labute approximate surface area is 99.5 Å². The SMILES string of the molecule is CC(C)O[C@@H]1CCN(C(=O)[C@@H](C)O)CC1(F)F. The van der Waals surface area contributed by atoms with E-state index >= 15 is 0 Å². The molecule has 0 aromatic heterocycles. The molecule has 0 aromatic carbocycles. The van der Waals surface area contributed by atoms with E-state index in [0.29, 0.717) is 0 Å². The third kappa shape index (κ3) is 3.61. The van der Waals surface area contributed by atoms with E-state index in [0.717, 1.165) is 4.90 Å². The number of likely N-dealkylation sites (tertiary alicyclic amines) is 1. The Hall–Kier alpha value is -0.750. The predicted molar refractivity (Wildman–Crippen MR) is 57.8 cm³/mol. The van der Waals surface area contributed by atoms with Gasteiger partial charge >= 0.3 is 0 Å². The molecule has 0 spiro atoms. The molecule has 1 saturated heterocycles. The summed E-state index contributed by atoms with van der Waals surface area (Å²) in [5.74, 6) is -3.72. The molecule has 1 N–H and O–H groups in total. The number of carbonyl (C=O) groups excluding carboxylic acids is 1. The third-order valence-electron chi connectivity index (χ3n) is 2.64. The van der Waals surface area contributed by atoms with Gasteiger partial charge in [0.15, 0.2) is 0 Å². The lowest BCUT2D eigenvalue weighted by molar-refractivity contribution is -0.191. The van der Waals surface area contributed by atoms with Crippen LogP contribution in [-0.4, -0.2) is 53.2 Å². The first-order valence-corrected chi connectivity index (χ1v) is 5.74. The number of aliphatic hydroxyl groups is 1. The number of hydrogen-bond donors (Lipinski definition) is 1. The molecular formula is C11H19F2NO3. The van der Waals surface area contributed by atoms with Crippen LogP contribution < -0.4 is 0 Å². The summed E-state index contributed by atoms with van der Waals surface area (Å²) in [6.07, 6.45) is -2.58. The zero-order chi connectivity index (χ0) is 13.2. The third-order valence-corrected chi connectivity index (χ3v) is 2.64. The van der Waals surface area contributed by atoms with Gasteiger partial charge in [-0.2, -0.15) is 0 Å². The molecule has 1 rings (SSSR count). The highest BCUT2D eigenvalue weighted by atomic mass is 19.3. The van der Waals surface area contributed by atoms with Crippen molar-refractivity contribution >= 4 is 5.91 Å². The Morgan fingerprint density at radius 1 is 1.47 bits per heavy atom. The van der Waals surface area contributed by atoms with Gasteiger partial charge in [0, 0.05) is 6.54 Å². The minimum atomic E-state index is -3.06. The molecule has 1 fully saturated rings. The summed E-state index contributed by atoms with van der Waals surface area (Å²) in [4.78, 5) is 12.4. The second kappa shape index (κ2) is 5.27. The van der Waals surface area contributed by atoms with Crippen LogP contribution in [0.15, 0.2) is 0 Å². The average molecular weight is 251 g/mol. The van der Waals surface area contributed by atoms with Gasteiger partial charge in [-0.15, -0.1) is 0 Å². The van der Waals surface area contributed by atoms with Gasteiger partial charge in [-0.1, -0.05) is 0 Å². The lowest BCUT2D eigenvalue weighted by Gasteiger charge is -2.39. The second-order valence-corrected chi connectivity index (χ2v) is 4.66. The van der Waals surface area contributed by atoms with Crippen molar-refractivity contribution in [2.75, 3.05) is 13.1 Å². The quantitative estimate of drug-likeness (QED) is 0.815. The van der Waals surface area contributed by atoms with Crippen molar-refractivity contribution in [2.24, 2.45) is 0 Å². The summed E-state index contributed by atoms with van der Waals surface area (Å²) in [6.45, 7) is 4.18. The fourth-order valence-electron chi connectivity index (χ4n) is 1.87. The normalized spacial score (nSPS) is 26.1. The smallest absolute Gasteiger partial charge is 0.290 e. The van der Waals surface area contributed by atoms with Crippen LogP contribution in [-0.2, 0) is 9.53 Å². The maximum atomic E-state index is 13.7. The number of piperidine rings is 1. The number of ether oxygens (including phenoxy) is 1. The van der Waals surface area contributed by atoms with Crippen molar-refractivity contribution in [3.8, 4) is 0 Å². The van der Waals surface area contributed by atoms with Crippen LogP contribution in [0.3, 0.4) is 0 Å². The van der Waals surface area contributed by atoms with E-state index in [1.54, 1.807) is 13.8 Å². The summed E-state index contributed by atoms with van der Waals surface area (Å²) in [5.41, 5.74) is 0. The Kier molecular flexibility index (Phi) is 4.43. The van der Waals surface area contributed by atoms with Gasteiger partial charge in [-0.05, 0) is 27.2 Å². The van der Waals surface area contributed by atoms with E-state index in [4.69, 9.17) is 9.84 Å². The summed E-state index contributed by atoms with van der Waals surface area (Å²) in [5, 5.41) is 9.09. The van der Waals surface area contributed by atoms with E-state index in [9.17, 15) is 13.6 Å². The molecular weight excluding hydrogens is 232 g/mol. The fourth-order valence-corrected chi connectivity index (χ4v) is 1.87. The first-order valence-electron chi connectivity index (χ1n) is 5.74. The van der Waals surface area contributed by atoms with Gasteiger partial charge < -0.3 is 14.7 Å². The monoisotopic (exact) mass is 251 g/mol. The molecule has 0 aliphatic carbocycles. The van der Waals surface area contributed by atoms with Gasteiger partial charge in [-0.3, -0.25) is 4.79 Å². The first-order chi connectivity index (χ1) is 7.74. The number of hydrogen-bond acceptors (Lipinski definition) is 3. The number of nitrogens with zero attached hydrogens (tertiary/aromatic N) is 1. The van der Waals surface area contributed by atoms with Crippen molar-refractivity contribution in [1.82, 2.24) is 4.90 Å². The van der Waals surface area contributed by atoms with Gasteiger partial charge in [0.05, 0.1) is 12.6 Å². The average Bonchev–Trinajstić information content (AvgIpc) is 2.18. The molecule has 0 saturated carbocycles. The largest absolute Gasteiger partial charge is 0.384 e. The molecule has 100 valence electrons. The molecule has 1 aliphatic rings. The molecule has 1 aliphatic heterocycles.